The van der Waals surface area contributed by atoms with Crippen LogP contribution in [0.15, 0.2) is 11.6 Å². The van der Waals surface area contributed by atoms with E-state index in [0.717, 1.165) is 38.6 Å². The first-order chi connectivity index (χ1) is 24.2. The molecule has 8 aliphatic rings. The summed E-state index contributed by atoms with van der Waals surface area (Å²) in [4.78, 5) is 0. The van der Waals surface area contributed by atoms with Gasteiger partial charge < -0.3 is 54.3 Å². The fourth-order valence-corrected chi connectivity index (χ4v) is 12.8. The highest BCUT2D eigenvalue weighted by Gasteiger charge is 2.68. The Kier molecular flexibility index (Phi) is 9.83. The number of hydrogen-bond acceptors (Lipinski definition) is 12. The van der Waals surface area contributed by atoms with Crippen LogP contribution in [0.2, 0.25) is 0 Å². The summed E-state index contributed by atoms with van der Waals surface area (Å²) in [5, 5.41) is 66.4. The van der Waals surface area contributed by atoms with Crippen molar-refractivity contribution in [3.8, 4) is 0 Å². The molecular weight excluding hydrogens is 658 g/mol. The molecular formula is C39H63NO11. The molecule has 1 spiro atoms. The summed E-state index contributed by atoms with van der Waals surface area (Å²) in [7, 11) is 0. The topological polar surface area (TPSA) is 180 Å². The molecule has 3 saturated carbocycles. The van der Waals surface area contributed by atoms with E-state index in [1.165, 1.54) is 31.3 Å². The predicted molar refractivity (Wildman–Crippen MR) is 184 cm³/mol. The van der Waals surface area contributed by atoms with E-state index in [1.807, 2.05) is 0 Å². The van der Waals surface area contributed by atoms with Crippen LogP contribution in [0, 0.1) is 46.3 Å². The van der Waals surface area contributed by atoms with Crippen LogP contribution in [0.5, 0.6) is 0 Å². The maximum absolute atomic E-state index is 11.1. The van der Waals surface area contributed by atoms with Crippen LogP contribution in [0.4, 0.5) is 0 Å². The summed E-state index contributed by atoms with van der Waals surface area (Å²) in [5.41, 5.74) is 1.73. The third kappa shape index (κ3) is 5.84. The van der Waals surface area contributed by atoms with Crippen molar-refractivity contribution in [3.05, 3.63) is 11.6 Å². The number of fused-ring (bicyclic) bond motifs is 7. The molecule has 8 rings (SSSR count). The molecule has 0 amide bonds. The minimum atomic E-state index is -1.63. The van der Waals surface area contributed by atoms with Crippen molar-refractivity contribution in [2.45, 2.75) is 172 Å². The number of aliphatic hydroxyl groups excluding tert-OH is 6. The Balaban J connectivity index is 0.902. The second-order valence-electron chi connectivity index (χ2n) is 18.4. The SMILES string of the molecule is C[C@@H]1CC[C@@]2(NC1)O[C@H]1C[C@H]3[C@@H]4CC=C5C[C@@H](O[C@H]6O[C@@H](C)[C@H](O[C@H]7O[C@@H](CO)[C@H](O)[C@@H](O)[C@@H]7O)[C@@H](O)[C@@H]6O)CC[C@]5(C)[C@H]4CC[C@]3(C)[C@H]1[C@@H]2C. The van der Waals surface area contributed by atoms with Gasteiger partial charge in [0.2, 0.25) is 0 Å². The number of hydrogen-bond donors (Lipinski definition) is 7. The molecule has 4 aliphatic heterocycles. The number of rotatable bonds is 5. The summed E-state index contributed by atoms with van der Waals surface area (Å²) in [6.07, 6.45) is -0.798. The lowest BCUT2D eigenvalue weighted by molar-refractivity contribution is -0.359. The zero-order valence-electron chi connectivity index (χ0n) is 31.0. The van der Waals surface area contributed by atoms with E-state index in [0.29, 0.717) is 47.0 Å². The molecule has 0 aromatic rings. The fraction of sp³-hybridized carbons (Fsp3) is 0.949. The number of nitrogens with one attached hydrogen (secondary N) is 1. The van der Waals surface area contributed by atoms with Crippen molar-refractivity contribution >= 4 is 0 Å². The van der Waals surface area contributed by atoms with Crippen LogP contribution in [-0.4, -0.2) is 123 Å². The number of piperidine rings is 1. The summed E-state index contributed by atoms with van der Waals surface area (Å²) in [6, 6.07) is 0. The minimum absolute atomic E-state index is 0.111. The van der Waals surface area contributed by atoms with Gasteiger partial charge in [-0.3, -0.25) is 5.32 Å². The smallest absolute Gasteiger partial charge is 0.187 e. The average molecular weight is 722 g/mol. The summed E-state index contributed by atoms with van der Waals surface area (Å²) in [6.45, 7) is 12.0. The standard InChI is InChI=1S/C39H63NO11/c1-18-8-13-39(40-16-18)19(2)28-26(51-39)15-25-23-7-6-21-14-22(9-11-37(21,4)24(23)10-12-38(25,28)5)48-35-33(46)31(44)34(20(3)47-35)50-36-32(45)30(43)29(42)27(17-41)49-36/h6,18-20,22-36,40-46H,7-17H2,1-5H3/t18-,19+,20+,22+,23-,24+,25+,26+,27+,28+,29+,30-,31+,32+,33+,34+,35-,36-,37+,38+,39-/m1/s1. The summed E-state index contributed by atoms with van der Waals surface area (Å²) < 4.78 is 30.8. The van der Waals surface area contributed by atoms with Gasteiger partial charge in [0.25, 0.3) is 0 Å². The Hall–Kier alpha value is -0.740. The van der Waals surface area contributed by atoms with Crippen LogP contribution < -0.4 is 5.32 Å². The zero-order chi connectivity index (χ0) is 36.2. The van der Waals surface area contributed by atoms with Crippen LogP contribution in [0.1, 0.15) is 92.4 Å². The van der Waals surface area contributed by atoms with Crippen molar-refractivity contribution in [3.63, 3.8) is 0 Å². The van der Waals surface area contributed by atoms with Crippen LogP contribution >= 0.6 is 0 Å². The Bertz CT molecular complexity index is 1310. The van der Waals surface area contributed by atoms with E-state index in [-0.39, 0.29) is 17.2 Å². The highest BCUT2D eigenvalue weighted by molar-refractivity contribution is 5.26. The van der Waals surface area contributed by atoms with Gasteiger partial charge in [-0.15, -0.1) is 0 Å². The molecule has 0 bridgehead atoms. The lowest BCUT2D eigenvalue weighted by atomic mass is 9.47. The van der Waals surface area contributed by atoms with Crippen molar-refractivity contribution < 1.29 is 54.3 Å². The second kappa shape index (κ2) is 13.5. The second-order valence-corrected chi connectivity index (χ2v) is 18.4. The zero-order valence-corrected chi connectivity index (χ0v) is 31.0. The monoisotopic (exact) mass is 721 g/mol. The molecule has 0 unspecified atom stereocenters. The first-order valence-electron chi connectivity index (χ1n) is 20.0. The first kappa shape index (κ1) is 37.2. The first-order valence-corrected chi connectivity index (χ1v) is 20.0. The van der Waals surface area contributed by atoms with Gasteiger partial charge in [-0.25, -0.2) is 0 Å². The van der Waals surface area contributed by atoms with Gasteiger partial charge >= 0.3 is 0 Å². The molecule has 12 nitrogen and oxygen atoms in total. The van der Waals surface area contributed by atoms with Crippen LogP contribution in [-0.2, 0) is 23.7 Å². The third-order valence-electron chi connectivity index (χ3n) is 15.8. The Labute approximate surface area is 302 Å². The molecule has 12 heteroatoms. The molecule has 7 fully saturated rings. The van der Waals surface area contributed by atoms with E-state index >= 15 is 0 Å². The maximum Gasteiger partial charge on any atom is 0.187 e. The molecule has 0 radical (unpaired) electrons. The molecule has 290 valence electrons. The fourth-order valence-electron chi connectivity index (χ4n) is 12.8. The highest BCUT2D eigenvalue weighted by atomic mass is 16.7. The van der Waals surface area contributed by atoms with Crippen LogP contribution in [0.25, 0.3) is 0 Å². The Morgan fingerprint density at radius 1 is 0.843 bits per heavy atom. The molecule has 4 aliphatic carbocycles. The normalized spacial score (nSPS) is 58.4. The van der Waals surface area contributed by atoms with E-state index in [4.69, 9.17) is 23.7 Å². The molecule has 4 heterocycles. The maximum atomic E-state index is 11.1. The summed E-state index contributed by atoms with van der Waals surface area (Å²) >= 11 is 0. The number of aliphatic hydroxyl groups is 6. The van der Waals surface area contributed by atoms with Gasteiger partial charge in [0.05, 0.1) is 24.9 Å². The largest absolute Gasteiger partial charge is 0.394 e. The van der Waals surface area contributed by atoms with E-state index in [2.05, 4.69) is 39.1 Å². The Morgan fingerprint density at radius 2 is 1.59 bits per heavy atom. The molecule has 4 saturated heterocycles. The third-order valence-corrected chi connectivity index (χ3v) is 15.8. The molecule has 7 N–H and O–H groups in total. The van der Waals surface area contributed by atoms with E-state index in [9.17, 15) is 30.6 Å². The Morgan fingerprint density at radius 3 is 2.31 bits per heavy atom. The van der Waals surface area contributed by atoms with Gasteiger partial charge in [-0.2, -0.15) is 0 Å². The molecule has 51 heavy (non-hydrogen) atoms. The molecule has 0 aromatic heterocycles. The van der Waals surface area contributed by atoms with Crippen LogP contribution in [0.3, 0.4) is 0 Å². The van der Waals surface area contributed by atoms with E-state index < -0.39 is 68.0 Å². The van der Waals surface area contributed by atoms with E-state index in [1.54, 1.807) is 6.92 Å². The summed E-state index contributed by atoms with van der Waals surface area (Å²) in [5.74, 6) is 3.80. The van der Waals surface area contributed by atoms with Gasteiger partial charge in [0, 0.05) is 12.5 Å². The highest BCUT2D eigenvalue weighted by Crippen LogP contribution is 2.70. The lowest BCUT2D eigenvalue weighted by Gasteiger charge is -2.59. The minimum Gasteiger partial charge on any atom is -0.394 e. The number of ether oxygens (including phenoxy) is 5. The molecule has 0 aromatic carbocycles. The van der Waals surface area contributed by atoms with Gasteiger partial charge in [0.15, 0.2) is 12.6 Å². The number of allylic oxidation sites excluding steroid dienone is 1. The van der Waals surface area contributed by atoms with Crippen molar-refractivity contribution in [2.75, 3.05) is 13.2 Å². The quantitative estimate of drug-likeness (QED) is 0.206. The lowest BCUT2D eigenvalue weighted by Crippen LogP contribution is -2.64. The van der Waals surface area contributed by atoms with Crippen molar-refractivity contribution in [1.82, 2.24) is 5.32 Å². The van der Waals surface area contributed by atoms with Gasteiger partial charge in [0.1, 0.15) is 48.5 Å². The van der Waals surface area contributed by atoms with Gasteiger partial charge in [-0.1, -0.05) is 39.3 Å². The van der Waals surface area contributed by atoms with Crippen molar-refractivity contribution in [1.29, 1.82) is 0 Å². The predicted octanol–water partition coefficient (Wildman–Crippen LogP) is 1.96. The molecule has 21 atom stereocenters. The average Bonchev–Trinajstić information content (AvgIpc) is 3.55. The van der Waals surface area contributed by atoms with Crippen molar-refractivity contribution in [2.24, 2.45) is 46.3 Å². The van der Waals surface area contributed by atoms with Gasteiger partial charge in [-0.05, 0) is 105 Å².